The van der Waals surface area contributed by atoms with Gasteiger partial charge in [-0.3, -0.25) is 5.10 Å². The van der Waals surface area contributed by atoms with Gasteiger partial charge in [-0.05, 0) is 50.0 Å². The molecule has 0 atom stereocenters. The highest BCUT2D eigenvalue weighted by Crippen LogP contribution is 2.39. The first-order valence-electron chi connectivity index (χ1n) is 8.44. The molecule has 0 saturated carbocycles. The zero-order chi connectivity index (χ0) is 16.4. The highest BCUT2D eigenvalue weighted by atomic mass is 32.1. The van der Waals surface area contributed by atoms with Crippen LogP contribution >= 0.6 is 11.3 Å². The third-order valence-electron chi connectivity index (χ3n) is 5.05. The number of benzene rings is 1. The Bertz CT molecular complexity index is 771. The lowest BCUT2D eigenvalue weighted by Gasteiger charge is -2.39. The van der Waals surface area contributed by atoms with Crippen molar-refractivity contribution in [3.63, 3.8) is 0 Å². The first-order chi connectivity index (χ1) is 11.8. The number of aromatic nitrogens is 3. The minimum Gasteiger partial charge on any atom is -0.306 e. The number of aromatic amines is 1. The van der Waals surface area contributed by atoms with Crippen LogP contribution in [0.15, 0.2) is 47.8 Å². The summed E-state index contributed by atoms with van der Waals surface area (Å²) in [5, 5.41) is 9.93. The summed E-state index contributed by atoms with van der Waals surface area (Å²) >= 11 is 1.76. The van der Waals surface area contributed by atoms with Crippen molar-refractivity contribution in [2.24, 2.45) is 0 Å². The molecule has 4 nitrogen and oxygen atoms in total. The van der Waals surface area contributed by atoms with E-state index >= 15 is 0 Å². The molecule has 1 fully saturated rings. The van der Waals surface area contributed by atoms with Crippen LogP contribution in [-0.4, -0.2) is 40.2 Å². The lowest BCUT2D eigenvalue weighted by Crippen LogP contribution is -2.42. The standard InChI is InChI=1S/C19H22N4S/c1-23-11-9-19(10-12-23,15-6-3-2-4-7-15)18-20-17(21-22-18)14-16-8-5-13-24-16/h2-8,13H,9-12,14H2,1H3,(H,20,21,22). The predicted octanol–water partition coefficient (Wildman–Crippen LogP) is 3.47. The van der Waals surface area contributed by atoms with Gasteiger partial charge >= 0.3 is 0 Å². The quantitative estimate of drug-likeness (QED) is 0.792. The fourth-order valence-electron chi connectivity index (χ4n) is 3.57. The molecule has 0 spiro atoms. The van der Waals surface area contributed by atoms with E-state index in [1.165, 1.54) is 10.4 Å². The van der Waals surface area contributed by atoms with Gasteiger partial charge in [0.05, 0.1) is 5.41 Å². The average molecular weight is 338 g/mol. The molecule has 1 saturated heterocycles. The largest absolute Gasteiger partial charge is 0.306 e. The van der Waals surface area contributed by atoms with Gasteiger partial charge in [0.25, 0.3) is 0 Å². The SMILES string of the molecule is CN1CCC(c2ccccc2)(c2n[nH]c(Cc3cccs3)n2)CC1. The molecule has 1 aliphatic heterocycles. The Balaban J connectivity index is 1.68. The normalized spacial score (nSPS) is 17.9. The molecule has 24 heavy (non-hydrogen) atoms. The number of H-pyrrole nitrogens is 1. The Labute approximate surface area is 146 Å². The number of nitrogens with one attached hydrogen (secondary N) is 1. The van der Waals surface area contributed by atoms with Crippen LogP contribution in [0.1, 0.15) is 34.9 Å². The summed E-state index contributed by atoms with van der Waals surface area (Å²) in [5.74, 6) is 1.91. The smallest absolute Gasteiger partial charge is 0.161 e. The Morgan fingerprint density at radius 1 is 1.12 bits per heavy atom. The van der Waals surface area contributed by atoms with Crippen LogP contribution in [0.5, 0.6) is 0 Å². The van der Waals surface area contributed by atoms with Crippen LogP contribution in [0.25, 0.3) is 0 Å². The van der Waals surface area contributed by atoms with Gasteiger partial charge in [0.2, 0.25) is 0 Å². The van der Waals surface area contributed by atoms with Gasteiger partial charge < -0.3 is 4.90 Å². The molecular formula is C19H22N4S. The van der Waals surface area contributed by atoms with Crippen LogP contribution in [0.4, 0.5) is 0 Å². The Kier molecular flexibility index (Phi) is 4.21. The minimum absolute atomic E-state index is 0.0715. The maximum atomic E-state index is 4.90. The predicted molar refractivity (Wildman–Crippen MR) is 97.5 cm³/mol. The summed E-state index contributed by atoms with van der Waals surface area (Å²) in [7, 11) is 2.19. The van der Waals surface area contributed by atoms with E-state index in [9.17, 15) is 0 Å². The van der Waals surface area contributed by atoms with Crippen LogP contribution < -0.4 is 0 Å². The molecule has 0 unspecified atom stereocenters. The van der Waals surface area contributed by atoms with E-state index in [4.69, 9.17) is 4.98 Å². The Morgan fingerprint density at radius 2 is 1.92 bits per heavy atom. The number of piperidine rings is 1. The highest BCUT2D eigenvalue weighted by Gasteiger charge is 2.40. The van der Waals surface area contributed by atoms with Crippen LogP contribution in [0.3, 0.4) is 0 Å². The second-order valence-corrected chi connectivity index (χ2v) is 7.65. The van der Waals surface area contributed by atoms with Gasteiger partial charge in [-0.1, -0.05) is 36.4 Å². The summed E-state index contributed by atoms with van der Waals surface area (Å²) in [6.45, 7) is 2.15. The van der Waals surface area contributed by atoms with Gasteiger partial charge in [-0.2, -0.15) is 5.10 Å². The number of hydrogen-bond donors (Lipinski definition) is 1. The fourth-order valence-corrected chi connectivity index (χ4v) is 4.27. The highest BCUT2D eigenvalue weighted by molar-refractivity contribution is 7.09. The number of thiophene rings is 1. The summed E-state index contributed by atoms with van der Waals surface area (Å²) in [6, 6.07) is 15.0. The number of rotatable bonds is 4. The Hall–Kier alpha value is -1.98. The van der Waals surface area contributed by atoms with E-state index in [1.807, 2.05) is 0 Å². The van der Waals surface area contributed by atoms with E-state index in [0.717, 1.165) is 44.0 Å². The molecule has 0 radical (unpaired) electrons. The molecule has 5 heteroatoms. The molecule has 0 bridgehead atoms. The van der Waals surface area contributed by atoms with Crippen molar-refractivity contribution in [2.45, 2.75) is 24.7 Å². The molecule has 0 aliphatic carbocycles. The summed E-state index contributed by atoms with van der Waals surface area (Å²) in [6.07, 6.45) is 2.95. The lowest BCUT2D eigenvalue weighted by molar-refractivity contribution is 0.207. The lowest BCUT2D eigenvalue weighted by atomic mass is 9.72. The second kappa shape index (κ2) is 6.49. The molecule has 4 rings (SSSR count). The van der Waals surface area contributed by atoms with Gasteiger partial charge in [0.1, 0.15) is 5.82 Å². The maximum absolute atomic E-state index is 4.90. The van der Waals surface area contributed by atoms with Crippen LogP contribution in [0.2, 0.25) is 0 Å². The third-order valence-corrected chi connectivity index (χ3v) is 5.92. The van der Waals surface area contributed by atoms with Crippen molar-refractivity contribution in [2.75, 3.05) is 20.1 Å². The van der Waals surface area contributed by atoms with E-state index in [1.54, 1.807) is 11.3 Å². The summed E-state index contributed by atoms with van der Waals surface area (Å²) < 4.78 is 0. The van der Waals surface area contributed by atoms with Crippen molar-refractivity contribution in [1.82, 2.24) is 20.1 Å². The van der Waals surface area contributed by atoms with Gasteiger partial charge in [0, 0.05) is 11.3 Å². The van der Waals surface area contributed by atoms with Crippen molar-refractivity contribution < 1.29 is 0 Å². The van der Waals surface area contributed by atoms with E-state index in [2.05, 4.69) is 70.0 Å². The van der Waals surface area contributed by atoms with Gasteiger partial charge in [-0.25, -0.2) is 4.98 Å². The molecule has 3 aromatic rings. The maximum Gasteiger partial charge on any atom is 0.161 e. The first kappa shape index (κ1) is 15.5. The number of hydrogen-bond acceptors (Lipinski definition) is 4. The van der Waals surface area contributed by atoms with E-state index in [0.29, 0.717) is 0 Å². The second-order valence-electron chi connectivity index (χ2n) is 6.61. The average Bonchev–Trinajstić information content (AvgIpc) is 3.29. The summed E-state index contributed by atoms with van der Waals surface area (Å²) in [4.78, 5) is 8.61. The minimum atomic E-state index is -0.0715. The molecule has 1 aromatic carbocycles. The van der Waals surface area contributed by atoms with Crippen molar-refractivity contribution in [1.29, 1.82) is 0 Å². The van der Waals surface area contributed by atoms with Gasteiger partial charge in [-0.15, -0.1) is 11.3 Å². The van der Waals surface area contributed by atoms with Crippen molar-refractivity contribution >= 4 is 11.3 Å². The molecule has 124 valence electrons. The zero-order valence-corrected chi connectivity index (χ0v) is 14.7. The van der Waals surface area contributed by atoms with Crippen molar-refractivity contribution in [3.8, 4) is 0 Å². The molecular weight excluding hydrogens is 316 g/mol. The number of likely N-dealkylation sites (tertiary alicyclic amines) is 1. The van der Waals surface area contributed by atoms with Crippen molar-refractivity contribution in [3.05, 3.63) is 69.9 Å². The van der Waals surface area contributed by atoms with Crippen LogP contribution in [-0.2, 0) is 11.8 Å². The molecule has 0 amide bonds. The molecule has 3 heterocycles. The van der Waals surface area contributed by atoms with Gasteiger partial charge in [0.15, 0.2) is 5.82 Å². The van der Waals surface area contributed by atoms with E-state index in [-0.39, 0.29) is 5.41 Å². The first-order valence-corrected chi connectivity index (χ1v) is 9.32. The van der Waals surface area contributed by atoms with E-state index < -0.39 is 0 Å². The number of nitrogens with zero attached hydrogens (tertiary/aromatic N) is 3. The monoisotopic (exact) mass is 338 g/mol. The fraction of sp³-hybridized carbons (Fsp3) is 0.368. The molecule has 1 aliphatic rings. The Morgan fingerprint density at radius 3 is 2.62 bits per heavy atom. The zero-order valence-electron chi connectivity index (χ0n) is 13.9. The third kappa shape index (κ3) is 2.89. The molecule has 1 N–H and O–H groups in total. The topological polar surface area (TPSA) is 44.8 Å². The van der Waals surface area contributed by atoms with Crippen LogP contribution in [0, 0.1) is 0 Å². The molecule has 2 aromatic heterocycles. The summed E-state index contributed by atoms with van der Waals surface area (Å²) in [5.41, 5.74) is 1.26.